The van der Waals surface area contributed by atoms with Gasteiger partial charge >= 0.3 is 0 Å². The maximum Gasteiger partial charge on any atom is 0.254 e. The van der Waals surface area contributed by atoms with Gasteiger partial charge in [0.2, 0.25) is 5.88 Å². The van der Waals surface area contributed by atoms with Crippen LogP contribution in [0.5, 0.6) is 5.88 Å². The Bertz CT molecular complexity index is 736. The second kappa shape index (κ2) is 7.21. The van der Waals surface area contributed by atoms with E-state index in [1.165, 1.54) is 0 Å². The number of likely N-dealkylation sites (tertiary alicyclic amines) is 1. The molecule has 1 amide bonds. The van der Waals surface area contributed by atoms with Crippen LogP contribution in [0.25, 0.3) is 0 Å². The standard InChI is InChI=1S/C18H20BrN3O2/c1-21(2)14-6-3-5-13(11-14)18(23)22-10-8-15(12-22)24-17-16(19)7-4-9-20-17/h3-7,9,11,15H,8,10,12H2,1-2H3. The summed E-state index contributed by atoms with van der Waals surface area (Å²) in [4.78, 5) is 20.8. The lowest BCUT2D eigenvalue weighted by molar-refractivity contribution is 0.0771. The molecule has 0 N–H and O–H groups in total. The van der Waals surface area contributed by atoms with Crippen LogP contribution in [-0.4, -0.2) is 49.1 Å². The zero-order valence-corrected chi connectivity index (χ0v) is 15.4. The van der Waals surface area contributed by atoms with Crippen molar-refractivity contribution in [3.63, 3.8) is 0 Å². The van der Waals surface area contributed by atoms with Crippen molar-refractivity contribution in [2.45, 2.75) is 12.5 Å². The van der Waals surface area contributed by atoms with Crippen LogP contribution in [-0.2, 0) is 0 Å². The third-order valence-electron chi connectivity index (χ3n) is 4.04. The first-order valence-electron chi connectivity index (χ1n) is 7.88. The third-order valence-corrected chi connectivity index (χ3v) is 4.65. The number of hydrogen-bond donors (Lipinski definition) is 0. The molecule has 1 unspecified atom stereocenters. The molecule has 1 aromatic heterocycles. The number of anilines is 1. The van der Waals surface area contributed by atoms with Gasteiger partial charge in [0.15, 0.2) is 0 Å². The Morgan fingerprint density at radius 3 is 2.92 bits per heavy atom. The fourth-order valence-corrected chi connectivity index (χ4v) is 3.07. The summed E-state index contributed by atoms with van der Waals surface area (Å²) in [5, 5.41) is 0. The summed E-state index contributed by atoms with van der Waals surface area (Å²) in [6.07, 6.45) is 2.48. The highest BCUT2D eigenvalue weighted by Gasteiger charge is 2.29. The summed E-state index contributed by atoms with van der Waals surface area (Å²) in [5.74, 6) is 0.622. The summed E-state index contributed by atoms with van der Waals surface area (Å²) in [6, 6.07) is 11.4. The highest BCUT2D eigenvalue weighted by atomic mass is 79.9. The number of pyridine rings is 1. The van der Waals surface area contributed by atoms with E-state index in [0.717, 1.165) is 16.6 Å². The molecule has 0 aliphatic carbocycles. The van der Waals surface area contributed by atoms with Gasteiger partial charge in [-0.25, -0.2) is 4.98 Å². The molecule has 0 spiro atoms. The summed E-state index contributed by atoms with van der Waals surface area (Å²) in [6.45, 7) is 1.27. The molecule has 2 heterocycles. The van der Waals surface area contributed by atoms with Gasteiger partial charge in [-0.15, -0.1) is 0 Å². The number of benzene rings is 1. The molecule has 0 radical (unpaired) electrons. The molecular weight excluding hydrogens is 370 g/mol. The maximum atomic E-state index is 12.7. The Morgan fingerprint density at radius 2 is 2.17 bits per heavy atom. The van der Waals surface area contributed by atoms with Crippen molar-refractivity contribution in [3.05, 3.63) is 52.6 Å². The molecule has 3 rings (SSSR count). The molecule has 5 nitrogen and oxygen atoms in total. The number of amides is 1. The highest BCUT2D eigenvalue weighted by Crippen LogP contribution is 2.25. The largest absolute Gasteiger partial charge is 0.472 e. The fraction of sp³-hybridized carbons (Fsp3) is 0.333. The highest BCUT2D eigenvalue weighted by molar-refractivity contribution is 9.10. The second-order valence-corrected chi connectivity index (χ2v) is 6.87. The number of carbonyl (C=O) groups is 1. The van der Waals surface area contributed by atoms with Crippen LogP contribution in [0.4, 0.5) is 5.69 Å². The third kappa shape index (κ3) is 3.70. The Morgan fingerprint density at radius 1 is 1.33 bits per heavy atom. The molecule has 1 aliphatic heterocycles. The average Bonchev–Trinajstić information content (AvgIpc) is 3.05. The number of halogens is 1. The van der Waals surface area contributed by atoms with Crippen molar-refractivity contribution in [2.24, 2.45) is 0 Å². The Labute approximate surface area is 150 Å². The van der Waals surface area contributed by atoms with Crippen molar-refractivity contribution < 1.29 is 9.53 Å². The Balaban J connectivity index is 1.66. The van der Waals surface area contributed by atoms with E-state index in [1.807, 2.05) is 60.3 Å². The van der Waals surface area contributed by atoms with Crippen molar-refractivity contribution >= 4 is 27.5 Å². The Hall–Kier alpha value is -2.08. The van der Waals surface area contributed by atoms with Crippen molar-refractivity contribution in [2.75, 3.05) is 32.1 Å². The molecule has 0 bridgehead atoms. The van der Waals surface area contributed by atoms with E-state index in [1.54, 1.807) is 6.20 Å². The minimum atomic E-state index is -0.0304. The van der Waals surface area contributed by atoms with Crippen molar-refractivity contribution in [3.8, 4) is 5.88 Å². The number of ether oxygens (including phenoxy) is 1. The quantitative estimate of drug-likeness (QED) is 0.805. The van der Waals surface area contributed by atoms with E-state index in [9.17, 15) is 4.79 Å². The van der Waals surface area contributed by atoms with Crippen LogP contribution in [0.2, 0.25) is 0 Å². The number of carbonyl (C=O) groups excluding carboxylic acids is 1. The molecule has 1 aromatic carbocycles. The van der Waals surface area contributed by atoms with E-state index in [-0.39, 0.29) is 12.0 Å². The molecule has 1 atom stereocenters. The maximum absolute atomic E-state index is 12.7. The molecule has 1 fully saturated rings. The van der Waals surface area contributed by atoms with Crippen molar-refractivity contribution in [1.29, 1.82) is 0 Å². The smallest absolute Gasteiger partial charge is 0.254 e. The van der Waals surface area contributed by atoms with E-state index < -0.39 is 0 Å². The van der Waals surface area contributed by atoms with Gasteiger partial charge in [0.1, 0.15) is 6.10 Å². The summed E-state index contributed by atoms with van der Waals surface area (Å²) < 4.78 is 6.75. The first-order valence-corrected chi connectivity index (χ1v) is 8.68. The van der Waals surface area contributed by atoms with Gasteiger partial charge in [0.25, 0.3) is 5.91 Å². The molecule has 6 heteroatoms. The average molecular weight is 390 g/mol. The fourth-order valence-electron chi connectivity index (χ4n) is 2.72. The van der Waals surface area contributed by atoms with Gasteiger partial charge in [-0.05, 0) is 46.3 Å². The van der Waals surface area contributed by atoms with Crippen LogP contribution in [0, 0.1) is 0 Å². The summed E-state index contributed by atoms with van der Waals surface area (Å²) >= 11 is 3.43. The minimum Gasteiger partial charge on any atom is -0.472 e. The molecule has 126 valence electrons. The molecule has 1 aliphatic rings. The zero-order valence-electron chi connectivity index (χ0n) is 13.8. The number of rotatable bonds is 4. The van der Waals surface area contributed by atoms with E-state index in [0.29, 0.717) is 24.5 Å². The molecule has 2 aromatic rings. The van der Waals surface area contributed by atoms with Crippen LogP contribution < -0.4 is 9.64 Å². The predicted molar refractivity (Wildman–Crippen MR) is 97.6 cm³/mol. The van der Waals surface area contributed by atoms with Crippen LogP contribution >= 0.6 is 15.9 Å². The summed E-state index contributed by atoms with van der Waals surface area (Å²) in [7, 11) is 3.93. The van der Waals surface area contributed by atoms with Crippen LogP contribution in [0.1, 0.15) is 16.8 Å². The lowest BCUT2D eigenvalue weighted by atomic mass is 10.1. The van der Waals surface area contributed by atoms with E-state index in [2.05, 4.69) is 20.9 Å². The van der Waals surface area contributed by atoms with Gasteiger partial charge < -0.3 is 14.5 Å². The van der Waals surface area contributed by atoms with E-state index in [4.69, 9.17) is 4.74 Å². The van der Waals surface area contributed by atoms with Crippen LogP contribution in [0.3, 0.4) is 0 Å². The first kappa shape index (κ1) is 16.8. The lowest BCUT2D eigenvalue weighted by Gasteiger charge is -2.19. The SMILES string of the molecule is CN(C)c1cccc(C(=O)N2CCC(Oc3ncccc3Br)C2)c1. The van der Waals surface area contributed by atoms with Crippen molar-refractivity contribution in [1.82, 2.24) is 9.88 Å². The monoisotopic (exact) mass is 389 g/mol. The Kier molecular flexibility index (Phi) is 5.04. The van der Waals surface area contributed by atoms with E-state index >= 15 is 0 Å². The normalized spacial score (nSPS) is 17.0. The molecular formula is C18H20BrN3O2. The predicted octanol–water partition coefficient (Wildman–Crippen LogP) is 3.20. The van der Waals surface area contributed by atoms with Gasteiger partial charge in [-0.3, -0.25) is 4.79 Å². The molecule has 1 saturated heterocycles. The van der Waals surface area contributed by atoms with Gasteiger partial charge in [-0.2, -0.15) is 0 Å². The topological polar surface area (TPSA) is 45.7 Å². The first-order chi connectivity index (χ1) is 11.5. The number of nitrogens with zero attached hydrogens (tertiary/aromatic N) is 3. The number of aromatic nitrogens is 1. The van der Waals surface area contributed by atoms with Gasteiger partial charge in [-0.1, -0.05) is 6.07 Å². The van der Waals surface area contributed by atoms with Crippen LogP contribution in [0.15, 0.2) is 47.1 Å². The van der Waals surface area contributed by atoms with Gasteiger partial charge in [0, 0.05) is 44.5 Å². The number of hydrogen-bond acceptors (Lipinski definition) is 4. The second-order valence-electron chi connectivity index (χ2n) is 6.01. The summed E-state index contributed by atoms with van der Waals surface area (Å²) in [5.41, 5.74) is 1.73. The lowest BCUT2D eigenvalue weighted by Crippen LogP contribution is -2.31. The van der Waals surface area contributed by atoms with Gasteiger partial charge in [0.05, 0.1) is 11.0 Å². The molecule has 0 saturated carbocycles. The molecule has 24 heavy (non-hydrogen) atoms. The zero-order chi connectivity index (χ0) is 17.1. The minimum absolute atomic E-state index is 0.0304.